The maximum atomic E-state index is 5.87. The van der Waals surface area contributed by atoms with Crippen molar-refractivity contribution in [3.8, 4) is 5.75 Å². The minimum atomic E-state index is 0.439. The van der Waals surface area contributed by atoms with Crippen LogP contribution in [0, 0.1) is 5.92 Å². The molecular formula is C18H31NO. The van der Waals surface area contributed by atoms with Gasteiger partial charge >= 0.3 is 0 Å². The first-order chi connectivity index (χ1) is 9.67. The first-order valence-corrected chi connectivity index (χ1v) is 8.13. The van der Waals surface area contributed by atoms with Gasteiger partial charge in [-0.05, 0) is 55.8 Å². The summed E-state index contributed by atoms with van der Waals surface area (Å²) >= 11 is 0. The van der Waals surface area contributed by atoms with E-state index in [9.17, 15) is 0 Å². The molecule has 0 aliphatic carbocycles. The van der Waals surface area contributed by atoms with Gasteiger partial charge in [-0.2, -0.15) is 0 Å². The Morgan fingerprint density at radius 2 is 2.00 bits per heavy atom. The second-order valence-corrected chi connectivity index (χ2v) is 5.87. The summed E-state index contributed by atoms with van der Waals surface area (Å²) in [6, 6.07) is 8.98. The molecule has 0 aliphatic rings. The standard InChI is InChI=1S/C18H31NO/c1-5-12-19-18(6-2)16-10-7-11-17(14-16)20-13-8-9-15(3)4/h7,10-11,14-15,18-19H,5-6,8-9,12-13H2,1-4H3. The number of benzene rings is 1. The Balaban J connectivity index is 2.51. The van der Waals surface area contributed by atoms with E-state index in [1.807, 2.05) is 0 Å². The molecule has 1 aromatic rings. The van der Waals surface area contributed by atoms with Gasteiger partial charge in [-0.1, -0.05) is 39.8 Å². The summed E-state index contributed by atoms with van der Waals surface area (Å²) < 4.78 is 5.87. The molecule has 0 aromatic heterocycles. The lowest BCUT2D eigenvalue weighted by atomic mass is 10.0. The van der Waals surface area contributed by atoms with Crippen LogP contribution in [-0.2, 0) is 0 Å². The number of ether oxygens (including phenoxy) is 1. The van der Waals surface area contributed by atoms with E-state index in [2.05, 4.69) is 57.3 Å². The third-order valence-corrected chi connectivity index (χ3v) is 3.50. The van der Waals surface area contributed by atoms with Crippen molar-refractivity contribution in [2.75, 3.05) is 13.2 Å². The molecule has 0 saturated heterocycles. The molecule has 0 aliphatic heterocycles. The number of hydrogen-bond donors (Lipinski definition) is 1. The fourth-order valence-corrected chi connectivity index (χ4v) is 2.32. The maximum absolute atomic E-state index is 5.87. The van der Waals surface area contributed by atoms with Crippen LogP contribution < -0.4 is 10.1 Å². The molecule has 20 heavy (non-hydrogen) atoms. The second kappa shape index (κ2) is 9.82. The Labute approximate surface area is 124 Å². The minimum absolute atomic E-state index is 0.439. The van der Waals surface area contributed by atoms with Gasteiger partial charge in [0.25, 0.3) is 0 Å². The fourth-order valence-electron chi connectivity index (χ4n) is 2.32. The highest BCUT2D eigenvalue weighted by Crippen LogP contribution is 2.22. The lowest BCUT2D eigenvalue weighted by Gasteiger charge is -2.18. The molecule has 0 bridgehead atoms. The quantitative estimate of drug-likeness (QED) is 0.611. The van der Waals surface area contributed by atoms with Gasteiger partial charge in [-0.25, -0.2) is 0 Å². The average molecular weight is 277 g/mol. The normalized spacial score (nSPS) is 12.7. The van der Waals surface area contributed by atoms with E-state index in [0.29, 0.717) is 6.04 Å². The lowest BCUT2D eigenvalue weighted by molar-refractivity contribution is 0.297. The predicted molar refractivity (Wildman–Crippen MR) is 87.3 cm³/mol. The monoisotopic (exact) mass is 277 g/mol. The third kappa shape index (κ3) is 6.42. The van der Waals surface area contributed by atoms with E-state index < -0.39 is 0 Å². The Kier molecular flexibility index (Phi) is 8.36. The van der Waals surface area contributed by atoms with Crippen LogP contribution in [0.4, 0.5) is 0 Å². The van der Waals surface area contributed by atoms with Crippen LogP contribution >= 0.6 is 0 Å². The van der Waals surface area contributed by atoms with E-state index in [0.717, 1.165) is 37.7 Å². The third-order valence-electron chi connectivity index (χ3n) is 3.50. The van der Waals surface area contributed by atoms with E-state index >= 15 is 0 Å². The number of hydrogen-bond acceptors (Lipinski definition) is 2. The molecule has 1 rings (SSSR count). The van der Waals surface area contributed by atoms with Crippen LogP contribution in [0.3, 0.4) is 0 Å². The molecule has 0 fully saturated rings. The van der Waals surface area contributed by atoms with Crippen LogP contribution in [0.25, 0.3) is 0 Å². The van der Waals surface area contributed by atoms with Crippen LogP contribution in [0.2, 0.25) is 0 Å². The molecule has 2 heteroatoms. The smallest absolute Gasteiger partial charge is 0.119 e. The van der Waals surface area contributed by atoms with Gasteiger partial charge in [0.2, 0.25) is 0 Å². The fraction of sp³-hybridized carbons (Fsp3) is 0.667. The summed E-state index contributed by atoms with van der Waals surface area (Å²) in [4.78, 5) is 0. The van der Waals surface area contributed by atoms with E-state index in [-0.39, 0.29) is 0 Å². The maximum Gasteiger partial charge on any atom is 0.119 e. The van der Waals surface area contributed by atoms with Crippen molar-refractivity contribution in [1.29, 1.82) is 0 Å². The molecule has 2 nitrogen and oxygen atoms in total. The number of nitrogens with one attached hydrogen (secondary N) is 1. The summed E-state index contributed by atoms with van der Waals surface area (Å²) in [6.07, 6.45) is 4.64. The largest absolute Gasteiger partial charge is 0.494 e. The zero-order valence-corrected chi connectivity index (χ0v) is 13.6. The molecule has 0 saturated carbocycles. The Morgan fingerprint density at radius 1 is 1.20 bits per heavy atom. The van der Waals surface area contributed by atoms with E-state index in [1.165, 1.54) is 18.4 Å². The Bertz CT molecular complexity index is 362. The molecule has 1 aromatic carbocycles. The molecular weight excluding hydrogens is 246 g/mol. The Hall–Kier alpha value is -1.02. The van der Waals surface area contributed by atoms with Crippen molar-refractivity contribution < 1.29 is 4.74 Å². The van der Waals surface area contributed by atoms with Crippen molar-refractivity contribution in [2.45, 2.75) is 59.4 Å². The van der Waals surface area contributed by atoms with Gasteiger partial charge in [0, 0.05) is 6.04 Å². The zero-order valence-electron chi connectivity index (χ0n) is 13.6. The molecule has 0 spiro atoms. The number of rotatable bonds is 10. The summed E-state index contributed by atoms with van der Waals surface area (Å²) in [5.74, 6) is 1.76. The molecule has 1 atom stereocenters. The van der Waals surface area contributed by atoms with Crippen molar-refractivity contribution >= 4 is 0 Å². The first-order valence-electron chi connectivity index (χ1n) is 8.13. The summed E-state index contributed by atoms with van der Waals surface area (Å²) in [5.41, 5.74) is 1.34. The van der Waals surface area contributed by atoms with Gasteiger partial charge < -0.3 is 10.1 Å². The Morgan fingerprint density at radius 3 is 2.65 bits per heavy atom. The van der Waals surface area contributed by atoms with Crippen molar-refractivity contribution in [3.05, 3.63) is 29.8 Å². The van der Waals surface area contributed by atoms with Gasteiger partial charge in [-0.3, -0.25) is 0 Å². The average Bonchev–Trinajstić information content (AvgIpc) is 2.45. The topological polar surface area (TPSA) is 21.3 Å². The molecule has 0 heterocycles. The van der Waals surface area contributed by atoms with Crippen molar-refractivity contribution in [1.82, 2.24) is 5.32 Å². The minimum Gasteiger partial charge on any atom is -0.494 e. The molecule has 0 amide bonds. The summed E-state index contributed by atoms with van der Waals surface area (Å²) in [5, 5.41) is 3.59. The van der Waals surface area contributed by atoms with Crippen molar-refractivity contribution in [2.24, 2.45) is 5.92 Å². The van der Waals surface area contributed by atoms with Gasteiger partial charge in [0.15, 0.2) is 0 Å². The zero-order chi connectivity index (χ0) is 14.8. The first kappa shape index (κ1) is 17.0. The second-order valence-electron chi connectivity index (χ2n) is 5.87. The van der Waals surface area contributed by atoms with E-state index in [1.54, 1.807) is 0 Å². The van der Waals surface area contributed by atoms with Gasteiger partial charge in [-0.15, -0.1) is 0 Å². The SMILES string of the molecule is CCCNC(CC)c1cccc(OCCCC(C)C)c1. The summed E-state index contributed by atoms with van der Waals surface area (Å²) in [7, 11) is 0. The molecule has 1 N–H and O–H groups in total. The van der Waals surface area contributed by atoms with Crippen LogP contribution in [-0.4, -0.2) is 13.2 Å². The van der Waals surface area contributed by atoms with Gasteiger partial charge in [0.05, 0.1) is 6.61 Å². The van der Waals surface area contributed by atoms with Gasteiger partial charge in [0.1, 0.15) is 5.75 Å². The van der Waals surface area contributed by atoms with Crippen molar-refractivity contribution in [3.63, 3.8) is 0 Å². The van der Waals surface area contributed by atoms with Crippen LogP contribution in [0.15, 0.2) is 24.3 Å². The predicted octanol–water partition coefficient (Wildman–Crippen LogP) is 4.95. The van der Waals surface area contributed by atoms with Crippen LogP contribution in [0.1, 0.15) is 65.0 Å². The van der Waals surface area contributed by atoms with E-state index in [4.69, 9.17) is 4.74 Å². The lowest BCUT2D eigenvalue weighted by Crippen LogP contribution is -2.21. The molecule has 1 unspecified atom stereocenters. The highest BCUT2D eigenvalue weighted by molar-refractivity contribution is 5.30. The highest BCUT2D eigenvalue weighted by Gasteiger charge is 2.08. The summed E-state index contributed by atoms with van der Waals surface area (Å²) in [6.45, 7) is 10.8. The molecule has 114 valence electrons. The molecule has 0 radical (unpaired) electrons. The van der Waals surface area contributed by atoms with Crippen LogP contribution in [0.5, 0.6) is 5.75 Å². The highest BCUT2D eigenvalue weighted by atomic mass is 16.5.